The molecule has 0 radical (unpaired) electrons. The van der Waals surface area contributed by atoms with Crippen LogP contribution in [0.1, 0.15) is 73.9 Å². The zero-order valence-electron chi connectivity index (χ0n) is 18.0. The monoisotopic (exact) mass is 410 g/mol. The van der Waals surface area contributed by atoms with Gasteiger partial charge in [-0.1, -0.05) is 12.7 Å². The minimum atomic E-state index is -0.665. The Morgan fingerprint density at radius 1 is 1.31 bits per heavy atom. The lowest BCUT2D eigenvalue weighted by molar-refractivity contribution is -0.128. The molecule has 1 atom stereocenters. The standard InChI is InChI=1S/C24H30N2O2S/c1-7-25-15(2)12-13-18-21(19(14-27)28-24(4,5)6)16(3)26-23-22(18)17-10-8-9-11-20(17)29-23/h7,12-14,19H,1,8-11H2,2-6H3/b13-12+,25-15?. The lowest BCUT2D eigenvalue weighted by Gasteiger charge is -2.26. The van der Waals surface area contributed by atoms with E-state index in [1.165, 1.54) is 34.9 Å². The second kappa shape index (κ2) is 8.72. The van der Waals surface area contributed by atoms with Crippen LogP contribution in [0.2, 0.25) is 0 Å². The number of aromatic nitrogens is 1. The zero-order valence-corrected chi connectivity index (χ0v) is 18.9. The molecular weight excluding hydrogens is 380 g/mol. The number of rotatable bonds is 6. The molecule has 154 valence electrons. The summed E-state index contributed by atoms with van der Waals surface area (Å²) in [6.07, 6.45) is 10.4. The maximum Gasteiger partial charge on any atom is 0.153 e. The summed E-state index contributed by atoms with van der Waals surface area (Å²) in [7, 11) is 0. The highest BCUT2D eigenvalue weighted by Gasteiger charge is 2.28. The first-order valence-corrected chi connectivity index (χ1v) is 11.0. The molecule has 1 aliphatic carbocycles. The molecule has 0 N–H and O–H groups in total. The van der Waals surface area contributed by atoms with Crippen LogP contribution >= 0.6 is 11.3 Å². The Balaban J connectivity index is 2.29. The number of fused-ring (bicyclic) bond motifs is 3. The predicted molar refractivity (Wildman–Crippen MR) is 123 cm³/mol. The molecular formula is C24H30N2O2S. The molecule has 0 saturated heterocycles. The Bertz CT molecular complexity index is 993. The van der Waals surface area contributed by atoms with Crippen LogP contribution < -0.4 is 0 Å². The average molecular weight is 411 g/mol. The molecule has 1 aliphatic rings. The maximum atomic E-state index is 12.1. The third-order valence-corrected chi connectivity index (χ3v) is 6.23. The van der Waals surface area contributed by atoms with Crippen molar-refractivity contribution in [2.75, 3.05) is 0 Å². The molecule has 3 rings (SSSR count). The van der Waals surface area contributed by atoms with E-state index >= 15 is 0 Å². The lowest BCUT2D eigenvalue weighted by Crippen LogP contribution is -2.24. The Morgan fingerprint density at radius 3 is 2.69 bits per heavy atom. The quantitative estimate of drug-likeness (QED) is 0.423. The number of aliphatic imine (C=N–C) groups is 1. The van der Waals surface area contributed by atoms with Crippen LogP contribution in [0.15, 0.2) is 23.8 Å². The molecule has 1 unspecified atom stereocenters. The summed E-state index contributed by atoms with van der Waals surface area (Å²) in [6.45, 7) is 13.5. The van der Waals surface area contributed by atoms with E-state index in [9.17, 15) is 4.79 Å². The molecule has 0 aromatic carbocycles. The van der Waals surface area contributed by atoms with E-state index in [2.05, 4.69) is 17.6 Å². The van der Waals surface area contributed by atoms with Gasteiger partial charge in [-0.3, -0.25) is 4.99 Å². The molecule has 0 saturated carbocycles. The predicted octanol–water partition coefficient (Wildman–Crippen LogP) is 6.16. The molecule has 4 nitrogen and oxygen atoms in total. The van der Waals surface area contributed by atoms with Crippen molar-refractivity contribution in [2.45, 2.75) is 72.0 Å². The van der Waals surface area contributed by atoms with Gasteiger partial charge < -0.3 is 9.53 Å². The molecule has 29 heavy (non-hydrogen) atoms. The van der Waals surface area contributed by atoms with Gasteiger partial charge >= 0.3 is 0 Å². The number of aldehydes is 1. The number of allylic oxidation sites excluding steroid dienone is 1. The van der Waals surface area contributed by atoms with Crippen LogP contribution in [0, 0.1) is 6.92 Å². The van der Waals surface area contributed by atoms with Crippen molar-refractivity contribution in [3.63, 3.8) is 0 Å². The Hall–Kier alpha value is -2.11. The van der Waals surface area contributed by atoms with Crippen LogP contribution in [0.25, 0.3) is 16.3 Å². The van der Waals surface area contributed by atoms with E-state index in [1.54, 1.807) is 11.3 Å². The molecule has 0 spiro atoms. The number of aryl methyl sites for hydroxylation is 3. The number of pyridine rings is 1. The number of nitrogens with zero attached hydrogens (tertiary/aromatic N) is 2. The fourth-order valence-electron chi connectivity index (χ4n) is 3.91. The van der Waals surface area contributed by atoms with Gasteiger partial charge in [-0.05, 0) is 77.5 Å². The third-order valence-electron chi connectivity index (χ3n) is 5.05. The summed E-state index contributed by atoms with van der Waals surface area (Å²) in [5, 5.41) is 1.18. The fraction of sp³-hybridized carbons (Fsp3) is 0.458. The van der Waals surface area contributed by atoms with E-state index < -0.39 is 11.7 Å². The first-order valence-electron chi connectivity index (χ1n) is 10.2. The summed E-state index contributed by atoms with van der Waals surface area (Å²) in [6, 6.07) is 0. The summed E-state index contributed by atoms with van der Waals surface area (Å²) in [4.78, 5) is 23.7. The summed E-state index contributed by atoms with van der Waals surface area (Å²) in [5.74, 6) is 0. The van der Waals surface area contributed by atoms with Gasteiger partial charge in [0.05, 0.1) is 5.60 Å². The van der Waals surface area contributed by atoms with E-state index in [0.29, 0.717) is 0 Å². The normalized spacial score (nSPS) is 16.2. The smallest absolute Gasteiger partial charge is 0.153 e. The van der Waals surface area contributed by atoms with Gasteiger partial charge in [0.25, 0.3) is 0 Å². The summed E-state index contributed by atoms with van der Waals surface area (Å²) in [5.41, 5.74) is 4.54. The molecule has 2 aromatic rings. The molecule has 0 fully saturated rings. The van der Waals surface area contributed by atoms with Crippen LogP contribution in [0.4, 0.5) is 0 Å². The van der Waals surface area contributed by atoms with Gasteiger partial charge in [0.1, 0.15) is 10.9 Å². The van der Waals surface area contributed by atoms with Crippen molar-refractivity contribution < 1.29 is 9.53 Å². The number of hydrogen-bond acceptors (Lipinski definition) is 5. The summed E-state index contributed by atoms with van der Waals surface area (Å²) >= 11 is 1.79. The van der Waals surface area contributed by atoms with Crippen LogP contribution in [0.3, 0.4) is 0 Å². The largest absolute Gasteiger partial charge is 0.360 e. The van der Waals surface area contributed by atoms with Crippen molar-refractivity contribution in [1.82, 2.24) is 4.98 Å². The van der Waals surface area contributed by atoms with Gasteiger partial charge in [0, 0.05) is 33.4 Å². The van der Waals surface area contributed by atoms with Crippen LogP contribution in [-0.4, -0.2) is 22.6 Å². The highest BCUT2D eigenvalue weighted by molar-refractivity contribution is 7.18. The zero-order chi connectivity index (χ0) is 21.2. The molecule has 0 bridgehead atoms. The molecule has 5 heteroatoms. The van der Waals surface area contributed by atoms with Crippen LogP contribution in [-0.2, 0) is 22.4 Å². The Labute approximate surface area is 177 Å². The second-order valence-corrected chi connectivity index (χ2v) is 9.57. The lowest BCUT2D eigenvalue weighted by atomic mass is 9.91. The van der Waals surface area contributed by atoms with Crippen LogP contribution in [0.5, 0.6) is 0 Å². The van der Waals surface area contributed by atoms with E-state index in [1.807, 2.05) is 40.7 Å². The number of carbonyl (C=O) groups is 1. The van der Waals surface area contributed by atoms with E-state index in [0.717, 1.165) is 46.5 Å². The van der Waals surface area contributed by atoms with Crippen molar-refractivity contribution in [1.29, 1.82) is 0 Å². The van der Waals surface area contributed by atoms with Gasteiger partial charge in [0.2, 0.25) is 0 Å². The van der Waals surface area contributed by atoms with Gasteiger partial charge in [-0.2, -0.15) is 0 Å². The molecule has 0 aliphatic heterocycles. The Kier molecular flexibility index (Phi) is 6.49. The Morgan fingerprint density at radius 2 is 2.03 bits per heavy atom. The number of ether oxygens (including phenoxy) is 1. The first-order chi connectivity index (χ1) is 13.7. The van der Waals surface area contributed by atoms with E-state index in [-0.39, 0.29) is 0 Å². The van der Waals surface area contributed by atoms with Gasteiger partial charge in [-0.25, -0.2) is 4.98 Å². The topological polar surface area (TPSA) is 51.5 Å². The third kappa shape index (κ3) is 4.73. The highest BCUT2D eigenvalue weighted by Crippen LogP contribution is 2.41. The van der Waals surface area contributed by atoms with Crippen molar-refractivity contribution in [3.05, 3.63) is 46.1 Å². The van der Waals surface area contributed by atoms with E-state index in [4.69, 9.17) is 9.72 Å². The minimum absolute atomic E-state index is 0.442. The minimum Gasteiger partial charge on any atom is -0.360 e. The highest BCUT2D eigenvalue weighted by atomic mass is 32.1. The number of hydrogen-bond donors (Lipinski definition) is 0. The van der Waals surface area contributed by atoms with Crippen molar-refractivity contribution >= 4 is 39.6 Å². The number of carbonyl (C=O) groups excluding carboxylic acids is 1. The van der Waals surface area contributed by atoms with Gasteiger partial charge in [-0.15, -0.1) is 11.3 Å². The SMILES string of the molecule is C=CN=C(C)/C=C/c1c(C(C=O)OC(C)(C)C)c(C)nc2sc3c(c12)CCCC3. The molecule has 2 heterocycles. The summed E-state index contributed by atoms with van der Waals surface area (Å²) < 4.78 is 6.13. The maximum absolute atomic E-state index is 12.1. The van der Waals surface area contributed by atoms with Gasteiger partial charge in [0.15, 0.2) is 6.29 Å². The first kappa shape index (κ1) is 21.6. The second-order valence-electron chi connectivity index (χ2n) is 8.49. The molecule has 0 amide bonds. The fourth-order valence-corrected chi connectivity index (χ4v) is 5.23. The molecule has 2 aromatic heterocycles. The number of thiophene rings is 1. The van der Waals surface area contributed by atoms with Crippen molar-refractivity contribution in [3.8, 4) is 0 Å². The average Bonchev–Trinajstić information content (AvgIpc) is 3.01. The van der Waals surface area contributed by atoms with Crippen molar-refractivity contribution in [2.24, 2.45) is 4.99 Å².